The topological polar surface area (TPSA) is 264 Å². The molecule has 3 aromatic heterocycles. The lowest BCUT2D eigenvalue weighted by molar-refractivity contribution is -0.141. The first-order valence-electron chi connectivity index (χ1n) is 21.9. The summed E-state index contributed by atoms with van der Waals surface area (Å²) in [4.78, 5) is 98.7. The molecular weight excluding hydrogens is 847 g/mol. The van der Waals surface area contributed by atoms with Crippen molar-refractivity contribution in [1.29, 1.82) is 0 Å². The highest BCUT2D eigenvalue weighted by Crippen LogP contribution is 2.41. The van der Waals surface area contributed by atoms with Gasteiger partial charge in [0.15, 0.2) is 11.7 Å². The van der Waals surface area contributed by atoms with Gasteiger partial charge in [-0.05, 0) is 95.2 Å². The molecule has 0 spiro atoms. The molecule has 2 aromatic carbocycles. The van der Waals surface area contributed by atoms with Gasteiger partial charge in [0.25, 0.3) is 0 Å². The van der Waals surface area contributed by atoms with Crippen molar-refractivity contribution < 1.29 is 28.8 Å². The van der Waals surface area contributed by atoms with Crippen LogP contribution >= 0.6 is 11.8 Å². The Morgan fingerprint density at radius 2 is 1.60 bits per heavy atom. The van der Waals surface area contributed by atoms with Gasteiger partial charge in [-0.2, -0.15) is 0 Å². The third kappa shape index (κ3) is 11.3. The average Bonchev–Trinajstić information content (AvgIpc) is 4.01. The van der Waals surface area contributed by atoms with Gasteiger partial charge in [-0.15, -0.1) is 11.8 Å². The van der Waals surface area contributed by atoms with E-state index < -0.39 is 59.9 Å². The monoisotopic (exact) mass is 907 g/mol. The summed E-state index contributed by atoms with van der Waals surface area (Å²) in [5, 5.41) is 9.65. The molecule has 18 heteroatoms. The highest BCUT2D eigenvalue weighted by molar-refractivity contribution is 7.99. The van der Waals surface area contributed by atoms with E-state index in [1.807, 2.05) is 42.0 Å². The molecule has 0 radical (unpaired) electrons. The van der Waals surface area contributed by atoms with Crippen molar-refractivity contribution in [3.8, 4) is 0 Å². The number of nitrogens with zero attached hydrogens (tertiary/aromatic N) is 3. The van der Waals surface area contributed by atoms with Crippen LogP contribution in [0.15, 0.2) is 53.0 Å². The lowest BCUT2D eigenvalue weighted by Crippen LogP contribution is -2.58. The number of hydrazine groups is 1. The number of benzene rings is 2. The van der Waals surface area contributed by atoms with Gasteiger partial charge >= 0.3 is 0 Å². The van der Waals surface area contributed by atoms with Crippen molar-refractivity contribution >= 4 is 74.2 Å². The molecule has 4 heterocycles. The maximum absolute atomic E-state index is 14.6. The quantitative estimate of drug-likeness (QED) is 0.0410. The fourth-order valence-electron chi connectivity index (χ4n) is 8.67. The van der Waals surface area contributed by atoms with Crippen molar-refractivity contribution in [3.05, 3.63) is 82.2 Å². The number of aliphatic imine (C=N–C) groups is 1. The number of aromatic nitrogens is 4. The molecule has 0 bridgehead atoms. The maximum Gasteiger partial charge on any atom is 0.239 e. The molecule has 2 unspecified atom stereocenters. The normalized spacial score (nSPS) is 20.8. The minimum absolute atomic E-state index is 0.00857. The number of H-pyrrole nitrogens is 2. The number of nitrogens with one attached hydrogen (secondary N) is 6. The van der Waals surface area contributed by atoms with Crippen LogP contribution in [0.4, 0.5) is 0 Å². The molecule has 1 aliphatic rings. The summed E-state index contributed by atoms with van der Waals surface area (Å²) in [6.07, 6.45) is 5.26. The number of amides is 1. The van der Waals surface area contributed by atoms with Crippen molar-refractivity contribution in [1.82, 2.24) is 41.0 Å². The number of fused-ring (bicyclic) bond motifs is 4. The molecule has 0 saturated carbocycles. The number of guanidine groups is 1. The average molecular weight is 908 g/mol. The smallest absolute Gasteiger partial charge is 0.239 e. The van der Waals surface area contributed by atoms with E-state index in [0.29, 0.717) is 12.1 Å². The Balaban J connectivity index is 1.47. The van der Waals surface area contributed by atoms with Gasteiger partial charge in [0.1, 0.15) is 17.6 Å². The fourth-order valence-corrected chi connectivity index (χ4v) is 10.1. The molecule has 10 N–H and O–H groups in total. The molecule has 65 heavy (non-hydrogen) atoms. The Morgan fingerprint density at radius 3 is 2.28 bits per heavy atom. The van der Waals surface area contributed by atoms with Crippen LogP contribution in [0.3, 0.4) is 0 Å². The summed E-state index contributed by atoms with van der Waals surface area (Å²) in [7, 11) is 0. The van der Waals surface area contributed by atoms with Crippen LogP contribution < -0.4 is 33.0 Å². The first kappa shape index (κ1) is 48.5. The third-order valence-corrected chi connectivity index (χ3v) is 13.9. The first-order chi connectivity index (χ1) is 31.0. The summed E-state index contributed by atoms with van der Waals surface area (Å²) >= 11 is 1.42. The van der Waals surface area contributed by atoms with Gasteiger partial charge < -0.3 is 36.1 Å². The number of nitrogens with two attached hydrogens (primary N) is 2. The number of aromatic amines is 2. The molecule has 0 aliphatic carbocycles. The second-order valence-electron chi connectivity index (χ2n) is 17.2. The maximum atomic E-state index is 14.6. The number of ketones is 5. The Bertz CT molecular complexity index is 2630. The molecule has 0 saturated heterocycles. The standard InChI is InChI=1S/C47H61N11O6S/c1-24(59)15-32-21-58-29(6)41-27(4)25(2)26(3)28(5)42(41)46(58)65-22-39(30(7)60)57-56-38(16-31-18-52-35-12-9-8-11-34(31)35)45(64)55-36(13-10-14-51-47(48)49)40(61)20-53-37(44(63)43(32)62)17-33-19-50-23-54-33/h8-9,11-12,18-19,23,32,36-39,52-53,56-57H,10,13-17,20-22H2,1-7H3,(H,50,54)(H,55,64)(H4,48,49,51)/t32?,36-,37-,38-,39?/m0/s1. The van der Waals surface area contributed by atoms with Crippen LogP contribution in [0.1, 0.15) is 72.3 Å². The molecule has 5 atom stereocenters. The van der Waals surface area contributed by atoms with Crippen LogP contribution in [0.2, 0.25) is 0 Å². The minimum atomic E-state index is -1.19. The van der Waals surface area contributed by atoms with E-state index in [4.69, 9.17) is 11.5 Å². The van der Waals surface area contributed by atoms with Crippen LogP contribution in [-0.2, 0) is 48.2 Å². The highest BCUT2D eigenvalue weighted by Gasteiger charge is 2.36. The second kappa shape index (κ2) is 21.4. The van der Waals surface area contributed by atoms with Gasteiger partial charge in [-0.1, -0.05) is 18.2 Å². The van der Waals surface area contributed by atoms with Crippen LogP contribution in [0.5, 0.6) is 0 Å². The van der Waals surface area contributed by atoms with Crippen LogP contribution in [0, 0.1) is 40.5 Å². The summed E-state index contributed by atoms with van der Waals surface area (Å²) < 4.78 is 2.01. The van der Waals surface area contributed by atoms with Crippen LogP contribution in [0.25, 0.3) is 21.7 Å². The van der Waals surface area contributed by atoms with E-state index in [2.05, 4.69) is 69.1 Å². The van der Waals surface area contributed by atoms with E-state index in [-0.39, 0.29) is 62.1 Å². The van der Waals surface area contributed by atoms with Crippen molar-refractivity contribution in [2.45, 2.75) is 116 Å². The number of aryl methyl sites for hydroxylation is 3. The molecule has 5 aromatic rings. The molecule has 17 nitrogen and oxygen atoms in total. The predicted molar refractivity (Wildman–Crippen MR) is 253 cm³/mol. The minimum Gasteiger partial charge on any atom is -0.370 e. The largest absolute Gasteiger partial charge is 0.370 e. The van der Waals surface area contributed by atoms with E-state index >= 15 is 0 Å². The van der Waals surface area contributed by atoms with Crippen molar-refractivity contribution in [2.75, 3.05) is 18.8 Å². The third-order valence-electron chi connectivity index (χ3n) is 12.7. The number of rotatable bonds is 11. The zero-order valence-corrected chi connectivity index (χ0v) is 39.0. The lowest BCUT2D eigenvalue weighted by atomic mass is 9.90. The van der Waals surface area contributed by atoms with E-state index in [0.717, 1.165) is 60.2 Å². The molecule has 1 amide bonds. The zero-order chi connectivity index (χ0) is 47.1. The van der Waals surface area contributed by atoms with Gasteiger partial charge in [0.2, 0.25) is 17.5 Å². The number of Topliss-reactive ketones (excluding diaryl/α,β-unsaturated/α-hetero) is 5. The number of imidazole rings is 1. The van der Waals surface area contributed by atoms with Gasteiger partial charge in [-0.3, -0.25) is 34.3 Å². The Morgan fingerprint density at radius 1 is 0.877 bits per heavy atom. The first-order valence-corrected chi connectivity index (χ1v) is 22.9. The SMILES string of the molecule is CC(=O)CC1Cn2c(C)c3c(C)c(C)c(C)c(C)c3c2SCC(C(C)=O)NN[C@@H](Cc2c[nH]c3ccccc23)C(=O)N[C@@H](CCCN=C(N)N)C(=O)CN[C@@H](Cc2cnc[nH]2)C(=O)C1=O. The summed E-state index contributed by atoms with van der Waals surface area (Å²) in [6, 6.07) is 3.66. The van der Waals surface area contributed by atoms with E-state index in [1.165, 1.54) is 38.1 Å². The molecule has 1 aliphatic heterocycles. The predicted octanol–water partition coefficient (Wildman–Crippen LogP) is 3.20. The number of hydrogen-bond acceptors (Lipinski definition) is 12. The van der Waals surface area contributed by atoms with Crippen molar-refractivity contribution in [3.63, 3.8) is 0 Å². The summed E-state index contributed by atoms with van der Waals surface area (Å²) in [6.45, 7) is 12.9. The number of carbonyl (C=O) groups excluding carboxylic acids is 6. The van der Waals surface area contributed by atoms with E-state index in [1.54, 1.807) is 0 Å². The van der Waals surface area contributed by atoms with Crippen molar-refractivity contribution in [2.24, 2.45) is 22.4 Å². The number of carbonyl (C=O) groups is 6. The molecule has 346 valence electrons. The Kier molecular flexibility index (Phi) is 15.9. The van der Waals surface area contributed by atoms with Gasteiger partial charge in [-0.25, -0.2) is 15.8 Å². The number of thioether (sulfide) groups is 1. The molecule has 6 rings (SSSR count). The summed E-state index contributed by atoms with van der Waals surface area (Å²) in [5.41, 5.74) is 25.0. The second-order valence-corrected chi connectivity index (χ2v) is 18.2. The van der Waals surface area contributed by atoms with Gasteiger partial charge in [0, 0.05) is 83.6 Å². The zero-order valence-electron chi connectivity index (χ0n) is 38.1. The number of hydrogen-bond donors (Lipinski definition) is 8. The number of para-hydroxylation sites is 1. The molecular formula is C47H61N11O6S. The Labute approximate surface area is 382 Å². The van der Waals surface area contributed by atoms with Gasteiger partial charge in [0.05, 0.1) is 41.9 Å². The highest BCUT2D eigenvalue weighted by atomic mass is 32.2. The fraction of sp³-hybridized carbons (Fsp3) is 0.447. The van der Waals surface area contributed by atoms with Crippen LogP contribution in [-0.4, -0.2) is 103 Å². The van der Waals surface area contributed by atoms with E-state index in [9.17, 15) is 28.8 Å². The lowest BCUT2D eigenvalue weighted by Gasteiger charge is -2.26. The summed E-state index contributed by atoms with van der Waals surface area (Å²) in [5.74, 6) is -3.95. The Hall–Kier alpha value is -5.95. The molecule has 0 fully saturated rings.